The molecule has 8 heteroatoms. The molecule has 0 aliphatic carbocycles. The summed E-state index contributed by atoms with van der Waals surface area (Å²) in [5.74, 6) is 1.09. The summed E-state index contributed by atoms with van der Waals surface area (Å²) in [4.78, 5) is 19.4. The van der Waals surface area contributed by atoms with Crippen LogP contribution in [0.5, 0.6) is 0 Å². The third kappa shape index (κ3) is 4.56. The van der Waals surface area contributed by atoms with Gasteiger partial charge in [0, 0.05) is 56.9 Å². The third-order valence-electron chi connectivity index (χ3n) is 4.89. The van der Waals surface area contributed by atoms with Crippen LogP contribution in [0.3, 0.4) is 0 Å². The van der Waals surface area contributed by atoms with Crippen LogP contribution in [0.25, 0.3) is 0 Å². The molecular formula is C19H25N3O4S. The Morgan fingerprint density at radius 3 is 2.70 bits per heavy atom. The second-order valence-corrected chi connectivity index (χ2v) is 8.87. The molecule has 0 saturated carbocycles. The van der Waals surface area contributed by atoms with E-state index in [0.29, 0.717) is 25.3 Å². The Bertz CT molecular complexity index is 890. The maximum Gasteiger partial charge on any atom is 0.253 e. The molecule has 0 N–H and O–H groups in total. The average molecular weight is 391 g/mol. The number of piperidine rings is 1. The van der Waals surface area contributed by atoms with Gasteiger partial charge >= 0.3 is 0 Å². The van der Waals surface area contributed by atoms with Crippen LogP contribution in [0.2, 0.25) is 0 Å². The molecule has 1 saturated heterocycles. The third-order valence-corrected chi connectivity index (χ3v) is 6.02. The molecule has 2 aromatic rings. The molecule has 1 aromatic heterocycles. The minimum atomic E-state index is -3.27. The van der Waals surface area contributed by atoms with E-state index in [1.165, 1.54) is 12.1 Å². The summed E-state index contributed by atoms with van der Waals surface area (Å²) < 4.78 is 30.4. The highest BCUT2D eigenvalue weighted by molar-refractivity contribution is 7.90. The highest BCUT2D eigenvalue weighted by Gasteiger charge is 2.28. The van der Waals surface area contributed by atoms with Crippen molar-refractivity contribution >= 4 is 15.7 Å². The maximum atomic E-state index is 12.9. The van der Waals surface area contributed by atoms with E-state index < -0.39 is 9.84 Å². The van der Waals surface area contributed by atoms with E-state index in [4.69, 9.17) is 4.74 Å². The molecule has 1 fully saturated rings. The number of likely N-dealkylation sites (tertiary alicyclic amines) is 1. The molecule has 7 nitrogen and oxygen atoms in total. The van der Waals surface area contributed by atoms with Gasteiger partial charge in [-0.1, -0.05) is 0 Å². The van der Waals surface area contributed by atoms with E-state index in [-0.39, 0.29) is 16.7 Å². The number of nitrogens with zero attached hydrogens (tertiary/aromatic N) is 3. The number of ether oxygens (including phenoxy) is 1. The van der Waals surface area contributed by atoms with Gasteiger partial charge in [-0.3, -0.25) is 4.79 Å². The standard InChI is InChI=1S/C19H25N3O4S/c1-26-13-12-21-11-9-20-18(21)16-4-3-10-22(14-16)19(23)15-5-7-17(8-6-15)27(2,24)25/h5-9,11,16H,3-4,10,12-14H2,1-2H3/t16-/m1/s1. The summed E-state index contributed by atoms with van der Waals surface area (Å²) in [5.41, 5.74) is 0.505. The monoisotopic (exact) mass is 391 g/mol. The van der Waals surface area contributed by atoms with Crippen LogP contribution < -0.4 is 0 Å². The molecule has 3 rings (SSSR count). The number of carbonyl (C=O) groups is 1. The lowest BCUT2D eigenvalue weighted by Gasteiger charge is -2.32. The molecule has 1 aromatic carbocycles. The van der Waals surface area contributed by atoms with Crippen LogP contribution in [0, 0.1) is 0 Å². The zero-order chi connectivity index (χ0) is 19.4. The quantitative estimate of drug-likeness (QED) is 0.752. The first-order valence-corrected chi connectivity index (χ1v) is 10.9. The minimum absolute atomic E-state index is 0.0743. The number of methoxy groups -OCH3 is 1. The van der Waals surface area contributed by atoms with Crippen molar-refractivity contribution < 1.29 is 17.9 Å². The fourth-order valence-electron chi connectivity index (χ4n) is 3.46. The topological polar surface area (TPSA) is 81.5 Å². The summed E-state index contributed by atoms with van der Waals surface area (Å²) in [7, 11) is -1.59. The molecule has 0 unspecified atom stereocenters. The van der Waals surface area contributed by atoms with Gasteiger partial charge in [-0.15, -0.1) is 0 Å². The molecule has 2 heterocycles. The summed E-state index contributed by atoms with van der Waals surface area (Å²) >= 11 is 0. The first kappa shape index (κ1) is 19.6. The van der Waals surface area contributed by atoms with Gasteiger partial charge in [0.2, 0.25) is 0 Å². The predicted octanol–water partition coefficient (Wildman–Crippen LogP) is 1.95. The number of carbonyl (C=O) groups excluding carboxylic acids is 1. The van der Waals surface area contributed by atoms with Crippen LogP contribution in [0.4, 0.5) is 0 Å². The van der Waals surface area contributed by atoms with Crippen LogP contribution >= 0.6 is 0 Å². The summed E-state index contributed by atoms with van der Waals surface area (Å²) in [6, 6.07) is 6.15. The summed E-state index contributed by atoms with van der Waals surface area (Å²) in [6.07, 6.45) is 6.79. The van der Waals surface area contributed by atoms with Crippen molar-refractivity contribution in [2.24, 2.45) is 0 Å². The number of imidazole rings is 1. The van der Waals surface area contributed by atoms with Gasteiger partial charge in [0.05, 0.1) is 11.5 Å². The maximum absolute atomic E-state index is 12.9. The second-order valence-electron chi connectivity index (χ2n) is 6.86. The van der Waals surface area contributed by atoms with Gasteiger partial charge in [0.1, 0.15) is 5.82 Å². The molecule has 0 bridgehead atoms. The molecule has 146 valence electrons. The molecule has 1 aliphatic heterocycles. The van der Waals surface area contributed by atoms with Crippen LogP contribution in [0.1, 0.15) is 34.9 Å². The lowest BCUT2D eigenvalue weighted by atomic mass is 9.96. The minimum Gasteiger partial charge on any atom is -0.383 e. The Labute approximate surface area is 159 Å². The Kier molecular flexibility index (Phi) is 5.96. The van der Waals surface area contributed by atoms with Crippen molar-refractivity contribution in [3.8, 4) is 0 Å². The van der Waals surface area contributed by atoms with Crippen molar-refractivity contribution in [2.75, 3.05) is 33.1 Å². The van der Waals surface area contributed by atoms with Gasteiger partial charge in [-0.2, -0.15) is 0 Å². The van der Waals surface area contributed by atoms with Crippen LogP contribution in [-0.2, 0) is 21.1 Å². The Morgan fingerprint density at radius 2 is 2.04 bits per heavy atom. The van der Waals surface area contributed by atoms with E-state index in [1.54, 1.807) is 25.4 Å². The van der Waals surface area contributed by atoms with Crippen LogP contribution in [0.15, 0.2) is 41.6 Å². The fraction of sp³-hybridized carbons (Fsp3) is 0.474. The smallest absolute Gasteiger partial charge is 0.253 e. The number of rotatable bonds is 6. The molecule has 0 spiro atoms. The van der Waals surface area contributed by atoms with Crippen molar-refractivity contribution in [3.05, 3.63) is 48.0 Å². The van der Waals surface area contributed by atoms with Gasteiger partial charge in [-0.25, -0.2) is 13.4 Å². The molecule has 1 atom stereocenters. The number of amides is 1. The molecule has 1 aliphatic rings. The van der Waals surface area contributed by atoms with Crippen molar-refractivity contribution in [2.45, 2.75) is 30.2 Å². The summed E-state index contributed by atoms with van der Waals surface area (Å²) in [6.45, 7) is 2.66. The lowest BCUT2D eigenvalue weighted by molar-refractivity contribution is 0.0702. The Balaban J connectivity index is 1.72. The Hall–Kier alpha value is -2.19. The molecular weight excluding hydrogens is 366 g/mol. The molecule has 0 radical (unpaired) electrons. The van der Waals surface area contributed by atoms with Crippen molar-refractivity contribution in [3.63, 3.8) is 0 Å². The highest BCUT2D eigenvalue weighted by atomic mass is 32.2. The number of hydrogen-bond donors (Lipinski definition) is 0. The van der Waals surface area contributed by atoms with Gasteiger partial charge < -0.3 is 14.2 Å². The number of aromatic nitrogens is 2. The van der Waals surface area contributed by atoms with E-state index >= 15 is 0 Å². The normalized spacial score (nSPS) is 17.9. The largest absolute Gasteiger partial charge is 0.383 e. The first-order valence-electron chi connectivity index (χ1n) is 8.99. The Morgan fingerprint density at radius 1 is 1.30 bits per heavy atom. The molecule has 1 amide bonds. The lowest BCUT2D eigenvalue weighted by Crippen LogP contribution is -2.39. The zero-order valence-electron chi connectivity index (χ0n) is 15.7. The average Bonchev–Trinajstić information content (AvgIpc) is 3.14. The van der Waals surface area contributed by atoms with Gasteiger partial charge in [0.25, 0.3) is 5.91 Å². The van der Waals surface area contributed by atoms with Gasteiger partial charge in [-0.05, 0) is 37.1 Å². The zero-order valence-corrected chi connectivity index (χ0v) is 16.5. The van der Waals surface area contributed by atoms with E-state index in [0.717, 1.165) is 31.5 Å². The first-order chi connectivity index (χ1) is 12.9. The molecule has 27 heavy (non-hydrogen) atoms. The number of benzene rings is 1. The van der Waals surface area contributed by atoms with Crippen molar-refractivity contribution in [1.82, 2.24) is 14.5 Å². The van der Waals surface area contributed by atoms with E-state index in [9.17, 15) is 13.2 Å². The fourth-order valence-corrected chi connectivity index (χ4v) is 4.09. The number of hydrogen-bond acceptors (Lipinski definition) is 5. The van der Waals surface area contributed by atoms with Gasteiger partial charge in [0.15, 0.2) is 9.84 Å². The second kappa shape index (κ2) is 8.22. The highest BCUT2D eigenvalue weighted by Crippen LogP contribution is 2.27. The SMILES string of the molecule is COCCn1ccnc1[C@@H]1CCCN(C(=O)c2ccc(S(C)(=O)=O)cc2)C1. The van der Waals surface area contributed by atoms with Crippen LogP contribution in [-0.4, -0.2) is 61.8 Å². The van der Waals surface area contributed by atoms with E-state index in [1.807, 2.05) is 11.1 Å². The predicted molar refractivity (Wildman–Crippen MR) is 102 cm³/mol. The summed E-state index contributed by atoms with van der Waals surface area (Å²) in [5, 5.41) is 0. The van der Waals surface area contributed by atoms with E-state index in [2.05, 4.69) is 9.55 Å². The van der Waals surface area contributed by atoms with Crippen molar-refractivity contribution in [1.29, 1.82) is 0 Å². The number of sulfone groups is 1.